The summed E-state index contributed by atoms with van der Waals surface area (Å²) < 4.78 is 12.6. The van der Waals surface area contributed by atoms with Gasteiger partial charge < -0.3 is 14.6 Å². The SMILES string of the molecule is CC(C)COCCOc1c(Br)cc(/C=C/C(=O)O)cc1Br. The normalized spacial score (nSPS) is 11.3. The lowest BCUT2D eigenvalue weighted by Gasteiger charge is -2.12. The topological polar surface area (TPSA) is 55.8 Å². The van der Waals surface area contributed by atoms with Crippen LogP contribution in [0.3, 0.4) is 0 Å². The lowest BCUT2D eigenvalue weighted by Crippen LogP contribution is -2.10. The predicted octanol–water partition coefficient (Wildman–Crippen LogP) is 4.36. The second-order valence-electron chi connectivity index (χ2n) is 4.80. The molecule has 0 fully saturated rings. The van der Waals surface area contributed by atoms with Crippen molar-refractivity contribution in [2.75, 3.05) is 19.8 Å². The zero-order chi connectivity index (χ0) is 15.8. The molecule has 1 rings (SSSR count). The second-order valence-corrected chi connectivity index (χ2v) is 6.51. The Hall–Kier alpha value is -0.850. The Morgan fingerprint density at radius 2 is 1.90 bits per heavy atom. The Bertz CT molecular complexity index is 489. The number of carboxylic acids is 1. The molecule has 1 aromatic carbocycles. The van der Waals surface area contributed by atoms with Crippen LogP contribution in [0, 0.1) is 5.92 Å². The average Bonchev–Trinajstić information content (AvgIpc) is 2.38. The fourth-order valence-electron chi connectivity index (χ4n) is 1.50. The minimum Gasteiger partial charge on any atom is -0.489 e. The fraction of sp³-hybridized carbons (Fsp3) is 0.400. The number of hydrogen-bond acceptors (Lipinski definition) is 3. The van der Waals surface area contributed by atoms with E-state index in [2.05, 4.69) is 45.7 Å². The van der Waals surface area contributed by atoms with E-state index in [9.17, 15) is 4.79 Å². The molecule has 0 atom stereocenters. The van der Waals surface area contributed by atoms with Gasteiger partial charge in [0.2, 0.25) is 0 Å². The van der Waals surface area contributed by atoms with Crippen molar-refractivity contribution in [3.05, 3.63) is 32.7 Å². The van der Waals surface area contributed by atoms with Crippen molar-refractivity contribution in [1.82, 2.24) is 0 Å². The van der Waals surface area contributed by atoms with Crippen molar-refractivity contribution in [3.63, 3.8) is 0 Å². The molecule has 0 aliphatic heterocycles. The summed E-state index contributed by atoms with van der Waals surface area (Å²) in [7, 11) is 0. The summed E-state index contributed by atoms with van der Waals surface area (Å²) in [6.07, 6.45) is 2.61. The standard InChI is InChI=1S/C15H18Br2O4/c1-10(2)9-20-5-6-21-15-12(16)7-11(8-13(15)17)3-4-14(18)19/h3-4,7-8,10H,5-6,9H2,1-2H3,(H,18,19)/b4-3+. The van der Waals surface area contributed by atoms with Crippen LogP contribution in [-0.2, 0) is 9.53 Å². The van der Waals surface area contributed by atoms with Crippen LogP contribution in [0.4, 0.5) is 0 Å². The highest BCUT2D eigenvalue weighted by Crippen LogP contribution is 2.35. The second kappa shape index (κ2) is 9.23. The van der Waals surface area contributed by atoms with Gasteiger partial charge in [0, 0.05) is 12.7 Å². The number of carbonyl (C=O) groups is 1. The molecule has 21 heavy (non-hydrogen) atoms. The van der Waals surface area contributed by atoms with Crippen LogP contribution in [0.2, 0.25) is 0 Å². The number of hydrogen-bond donors (Lipinski definition) is 1. The van der Waals surface area contributed by atoms with E-state index in [0.29, 0.717) is 31.5 Å². The van der Waals surface area contributed by atoms with Gasteiger partial charge in [0.15, 0.2) is 0 Å². The highest BCUT2D eigenvalue weighted by Gasteiger charge is 2.08. The largest absolute Gasteiger partial charge is 0.489 e. The van der Waals surface area contributed by atoms with Gasteiger partial charge in [-0.05, 0) is 61.5 Å². The molecule has 0 radical (unpaired) electrons. The number of benzene rings is 1. The van der Waals surface area contributed by atoms with Crippen LogP contribution in [0.1, 0.15) is 19.4 Å². The summed E-state index contributed by atoms with van der Waals surface area (Å²) in [5.41, 5.74) is 0.763. The Morgan fingerprint density at radius 3 is 2.43 bits per heavy atom. The van der Waals surface area contributed by atoms with E-state index >= 15 is 0 Å². The van der Waals surface area contributed by atoms with Gasteiger partial charge in [-0.2, -0.15) is 0 Å². The van der Waals surface area contributed by atoms with Crippen molar-refractivity contribution in [3.8, 4) is 5.75 Å². The lowest BCUT2D eigenvalue weighted by molar-refractivity contribution is -0.131. The molecule has 0 spiro atoms. The van der Waals surface area contributed by atoms with Crippen molar-refractivity contribution >= 4 is 43.9 Å². The number of ether oxygens (including phenoxy) is 2. The Kier molecular flexibility index (Phi) is 8.00. The van der Waals surface area contributed by atoms with Crippen LogP contribution in [0.25, 0.3) is 6.08 Å². The van der Waals surface area contributed by atoms with Crippen LogP contribution in [0.5, 0.6) is 5.75 Å². The van der Waals surface area contributed by atoms with Crippen molar-refractivity contribution in [2.24, 2.45) is 5.92 Å². The minimum absolute atomic E-state index is 0.453. The Balaban J connectivity index is 2.61. The summed E-state index contributed by atoms with van der Waals surface area (Å²) >= 11 is 6.84. The summed E-state index contributed by atoms with van der Waals surface area (Å²) in [4.78, 5) is 10.5. The molecular formula is C15H18Br2O4. The summed E-state index contributed by atoms with van der Waals surface area (Å²) in [5, 5.41) is 8.62. The van der Waals surface area contributed by atoms with Crippen LogP contribution in [-0.4, -0.2) is 30.9 Å². The van der Waals surface area contributed by atoms with E-state index in [1.807, 2.05) is 0 Å². The molecule has 0 aromatic heterocycles. The molecule has 6 heteroatoms. The van der Waals surface area contributed by atoms with E-state index in [-0.39, 0.29) is 0 Å². The van der Waals surface area contributed by atoms with E-state index in [1.165, 1.54) is 6.08 Å². The molecule has 4 nitrogen and oxygen atoms in total. The number of aliphatic carboxylic acids is 1. The average molecular weight is 422 g/mol. The van der Waals surface area contributed by atoms with Gasteiger partial charge in [-0.25, -0.2) is 4.79 Å². The summed E-state index contributed by atoms with van der Waals surface area (Å²) in [5.74, 6) is 0.198. The van der Waals surface area contributed by atoms with Crippen molar-refractivity contribution < 1.29 is 19.4 Å². The molecule has 0 amide bonds. The summed E-state index contributed by atoms with van der Waals surface area (Å²) in [6, 6.07) is 3.60. The maximum atomic E-state index is 10.5. The molecule has 0 bridgehead atoms. The molecule has 0 saturated carbocycles. The van der Waals surface area contributed by atoms with E-state index < -0.39 is 5.97 Å². The Labute approximate surface area is 141 Å². The first-order valence-corrected chi connectivity index (χ1v) is 8.09. The molecule has 0 heterocycles. The zero-order valence-electron chi connectivity index (χ0n) is 11.9. The molecule has 0 saturated heterocycles. The zero-order valence-corrected chi connectivity index (χ0v) is 15.1. The van der Waals surface area contributed by atoms with Gasteiger partial charge >= 0.3 is 5.97 Å². The van der Waals surface area contributed by atoms with Crippen LogP contribution in [0.15, 0.2) is 27.2 Å². The van der Waals surface area contributed by atoms with E-state index in [0.717, 1.165) is 20.6 Å². The van der Waals surface area contributed by atoms with E-state index in [4.69, 9.17) is 14.6 Å². The maximum absolute atomic E-state index is 10.5. The van der Waals surface area contributed by atoms with Crippen molar-refractivity contribution in [1.29, 1.82) is 0 Å². The molecule has 0 aliphatic carbocycles. The molecular weight excluding hydrogens is 404 g/mol. The maximum Gasteiger partial charge on any atom is 0.328 e. The van der Waals surface area contributed by atoms with E-state index in [1.54, 1.807) is 12.1 Å². The Morgan fingerprint density at radius 1 is 1.29 bits per heavy atom. The first-order chi connectivity index (χ1) is 9.90. The molecule has 0 unspecified atom stereocenters. The molecule has 0 aliphatic rings. The first kappa shape index (κ1) is 18.2. The third kappa shape index (κ3) is 7.11. The highest BCUT2D eigenvalue weighted by molar-refractivity contribution is 9.11. The smallest absolute Gasteiger partial charge is 0.328 e. The monoisotopic (exact) mass is 420 g/mol. The van der Waals surface area contributed by atoms with Gasteiger partial charge in [0.25, 0.3) is 0 Å². The third-order valence-corrected chi connectivity index (χ3v) is 3.54. The molecule has 1 aromatic rings. The fourth-order valence-corrected chi connectivity index (χ4v) is 2.95. The van der Waals surface area contributed by atoms with Crippen molar-refractivity contribution in [2.45, 2.75) is 13.8 Å². The van der Waals surface area contributed by atoms with Gasteiger partial charge in [-0.1, -0.05) is 13.8 Å². The minimum atomic E-state index is -0.982. The van der Waals surface area contributed by atoms with Crippen LogP contribution >= 0.6 is 31.9 Å². The molecule has 116 valence electrons. The quantitative estimate of drug-likeness (QED) is 0.500. The van der Waals surface area contributed by atoms with Gasteiger partial charge in [-0.3, -0.25) is 0 Å². The predicted molar refractivity (Wildman–Crippen MR) is 89.7 cm³/mol. The molecule has 1 N–H and O–H groups in total. The highest BCUT2D eigenvalue weighted by atomic mass is 79.9. The van der Waals surface area contributed by atoms with Gasteiger partial charge in [0.05, 0.1) is 15.6 Å². The van der Waals surface area contributed by atoms with Gasteiger partial charge in [-0.15, -0.1) is 0 Å². The lowest BCUT2D eigenvalue weighted by atomic mass is 10.2. The first-order valence-electron chi connectivity index (χ1n) is 6.50. The third-order valence-electron chi connectivity index (χ3n) is 2.36. The number of rotatable bonds is 8. The van der Waals surface area contributed by atoms with Crippen LogP contribution < -0.4 is 4.74 Å². The number of halogens is 2. The summed E-state index contributed by atoms with van der Waals surface area (Å²) in [6.45, 7) is 5.88. The van der Waals surface area contributed by atoms with Gasteiger partial charge in [0.1, 0.15) is 12.4 Å². The number of carboxylic acid groups (broad SMARTS) is 1.